The van der Waals surface area contributed by atoms with Crippen molar-refractivity contribution in [2.45, 2.75) is 19.5 Å². The molecule has 1 aromatic heterocycles. The summed E-state index contributed by atoms with van der Waals surface area (Å²) in [5.41, 5.74) is 4.06. The number of ether oxygens (including phenoxy) is 5. The Kier molecular flexibility index (Phi) is 7.22. The molecule has 2 aromatic carbocycles. The second-order valence-corrected chi connectivity index (χ2v) is 7.89. The Morgan fingerprint density at radius 3 is 2.12 bits per heavy atom. The number of hydrogen-bond donors (Lipinski definition) is 1. The van der Waals surface area contributed by atoms with E-state index in [4.69, 9.17) is 28.7 Å². The van der Waals surface area contributed by atoms with Gasteiger partial charge in [0.2, 0.25) is 11.7 Å². The van der Waals surface area contributed by atoms with Gasteiger partial charge >= 0.3 is 0 Å². The molecule has 4 rings (SSSR count). The van der Waals surface area contributed by atoms with Gasteiger partial charge in [0.1, 0.15) is 11.5 Å². The highest BCUT2D eigenvalue weighted by Gasteiger charge is 2.21. The monoisotopic (exact) mass is 466 g/mol. The van der Waals surface area contributed by atoms with Gasteiger partial charge in [0, 0.05) is 61.7 Å². The number of nitrogens with zero attached hydrogens (tertiary/aromatic N) is 3. The molecule has 0 spiro atoms. The molecule has 0 radical (unpaired) electrons. The molecule has 1 N–H and O–H groups in total. The maximum absolute atomic E-state index is 5.49. The zero-order chi connectivity index (χ0) is 24.1. The maximum atomic E-state index is 5.49. The lowest BCUT2D eigenvalue weighted by atomic mass is 10.1. The van der Waals surface area contributed by atoms with Crippen LogP contribution in [0.15, 0.2) is 36.5 Å². The van der Waals surface area contributed by atoms with Crippen molar-refractivity contribution >= 4 is 11.6 Å². The smallest absolute Gasteiger partial charge is 0.227 e. The number of rotatable bonds is 9. The van der Waals surface area contributed by atoms with Crippen LogP contribution < -0.4 is 29.0 Å². The lowest BCUT2D eigenvalue weighted by molar-refractivity contribution is 0.241. The quantitative estimate of drug-likeness (QED) is 0.506. The molecule has 0 aliphatic carbocycles. The number of nitrogens with one attached hydrogen (secondary N) is 1. The van der Waals surface area contributed by atoms with Crippen molar-refractivity contribution in [2.24, 2.45) is 0 Å². The number of anilines is 2. The first-order valence-electron chi connectivity index (χ1n) is 10.9. The molecule has 9 heteroatoms. The summed E-state index contributed by atoms with van der Waals surface area (Å²) in [6.45, 7) is 2.39. The first-order chi connectivity index (χ1) is 16.6. The van der Waals surface area contributed by atoms with Crippen molar-refractivity contribution in [3.63, 3.8) is 0 Å². The van der Waals surface area contributed by atoms with E-state index in [0.29, 0.717) is 34.7 Å². The Bertz CT molecular complexity index is 1110. The molecular formula is C25H30N4O5. The van der Waals surface area contributed by atoms with Gasteiger partial charge in [-0.15, -0.1) is 0 Å². The summed E-state index contributed by atoms with van der Waals surface area (Å²) in [4.78, 5) is 11.6. The van der Waals surface area contributed by atoms with E-state index in [1.807, 2.05) is 36.5 Å². The van der Waals surface area contributed by atoms with Gasteiger partial charge in [0.05, 0.1) is 41.2 Å². The highest BCUT2D eigenvalue weighted by molar-refractivity contribution is 5.59. The van der Waals surface area contributed by atoms with Gasteiger partial charge in [-0.1, -0.05) is 0 Å². The number of hydrogen-bond acceptors (Lipinski definition) is 9. The minimum Gasteiger partial charge on any atom is -0.497 e. The molecule has 0 fully saturated rings. The van der Waals surface area contributed by atoms with E-state index in [0.717, 1.165) is 48.6 Å². The highest BCUT2D eigenvalue weighted by atomic mass is 16.5. The molecule has 34 heavy (non-hydrogen) atoms. The van der Waals surface area contributed by atoms with Crippen molar-refractivity contribution in [1.82, 2.24) is 14.9 Å². The van der Waals surface area contributed by atoms with Crippen LogP contribution in [0.1, 0.15) is 16.8 Å². The predicted octanol–water partition coefficient (Wildman–Crippen LogP) is 3.82. The van der Waals surface area contributed by atoms with Crippen LogP contribution in [0.3, 0.4) is 0 Å². The van der Waals surface area contributed by atoms with Crippen LogP contribution in [0, 0.1) is 0 Å². The van der Waals surface area contributed by atoms with Crippen LogP contribution in [0.5, 0.6) is 28.7 Å². The van der Waals surface area contributed by atoms with Crippen LogP contribution in [0.2, 0.25) is 0 Å². The molecule has 3 aromatic rings. The van der Waals surface area contributed by atoms with Gasteiger partial charge in [-0.2, -0.15) is 0 Å². The van der Waals surface area contributed by atoms with E-state index in [9.17, 15) is 0 Å². The van der Waals surface area contributed by atoms with Gasteiger partial charge < -0.3 is 29.0 Å². The van der Waals surface area contributed by atoms with E-state index in [1.165, 1.54) is 0 Å². The van der Waals surface area contributed by atoms with Gasteiger partial charge in [0.25, 0.3) is 0 Å². The summed E-state index contributed by atoms with van der Waals surface area (Å²) in [7, 11) is 8.11. The van der Waals surface area contributed by atoms with Crippen molar-refractivity contribution in [3.05, 3.63) is 53.3 Å². The van der Waals surface area contributed by atoms with Crippen LogP contribution in [-0.4, -0.2) is 57.0 Å². The zero-order valence-electron chi connectivity index (χ0n) is 20.2. The highest BCUT2D eigenvalue weighted by Crippen LogP contribution is 2.38. The first kappa shape index (κ1) is 23.4. The third kappa shape index (κ3) is 5.09. The molecule has 1 aliphatic rings. The van der Waals surface area contributed by atoms with E-state index in [-0.39, 0.29) is 0 Å². The molecule has 0 atom stereocenters. The summed E-state index contributed by atoms with van der Waals surface area (Å²) in [6.07, 6.45) is 2.72. The van der Waals surface area contributed by atoms with Gasteiger partial charge in [0.15, 0.2) is 11.5 Å². The fourth-order valence-electron chi connectivity index (χ4n) is 4.06. The van der Waals surface area contributed by atoms with E-state index >= 15 is 0 Å². The lowest BCUT2D eigenvalue weighted by Gasteiger charge is -2.28. The molecule has 0 saturated carbocycles. The standard InChI is InChI=1S/C25H30N4O5/c1-30-19-10-18(11-20(12-19)31-2)27-25-26-13-17-15-29(7-6-21(17)28-25)14-16-8-22(32-3)24(34-5)23(9-16)33-4/h8-13H,6-7,14-15H2,1-5H3,(H,26,27,28). The summed E-state index contributed by atoms with van der Waals surface area (Å²) < 4.78 is 27.1. The van der Waals surface area contributed by atoms with E-state index in [2.05, 4.69) is 15.2 Å². The third-order valence-electron chi connectivity index (χ3n) is 5.75. The molecule has 0 saturated heterocycles. The second kappa shape index (κ2) is 10.5. The largest absolute Gasteiger partial charge is 0.497 e. The zero-order valence-corrected chi connectivity index (χ0v) is 20.2. The Morgan fingerprint density at radius 2 is 1.53 bits per heavy atom. The minimum absolute atomic E-state index is 0.548. The average molecular weight is 467 g/mol. The van der Waals surface area contributed by atoms with Crippen LogP contribution in [0.25, 0.3) is 0 Å². The Morgan fingerprint density at radius 1 is 0.853 bits per heavy atom. The van der Waals surface area contributed by atoms with Gasteiger partial charge in [-0.05, 0) is 17.7 Å². The number of aromatic nitrogens is 2. The Balaban J connectivity index is 1.47. The molecule has 2 heterocycles. The molecule has 0 bridgehead atoms. The van der Waals surface area contributed by atoms with E-state index in [1.54, 1.807) is 35.5 Å². The molecule has 1 aliphatic heterocycles. The third-order valence-corrected chi connectivity index (χ3v) is 5.75. The fraction of sp³-hybridized carbons (Fsp3) is 0.360. The van der Waals surface area contributed by atoms with Crippen molar-refractivity contribution < 1.29 is 23.7 Å². The topological polar surface area (TPSA) is 87.2 Å². The van der Waals surface area contributed by atoms with E-state index < -0.39 is 0 Å². The summed E-state index contributed by atoms with van der Waals surface area (Å²) in [5.74, 6) is 3.85. The fourth-order valence-corrected chi connectivity index (χ4v) is 4.06. The van der Waals surface area contributed by atoms with Crippen molar-refractivity contribution in [3.8, 4) is 28.7 Å². The number of methoxy groups -OCH3 is 5. The SMILES string of the molecule is COc1cc(Nc2ncc3c(n2)CCN(Cc2cc(OC)c(OC)c(OC)c2)C3)cc(OC)c1. The second-order valence-electron chi connectivity index (χ2n) is 7.89. The normalized spacial score (nSPS) is 13.1. The van der Waals surface area contributed by atoms with Crippen LogP contribution >= 0.6 is 0 Å². The molecular weight excluding hydrogens is 436 g/mol. The van der Waals surface area contributed by atoms with Crippen LogP contribution in [0.4, 0.5) is 11.6 Å². The molecule has 180 valence electrons. The minimum atomic E-state index is 0.548. The predicted molar refractivity (Wildman–Crippen MR) is 129 cm³/mol. The molecule has 9 nitrogen and oxygen atoms in total. The lowest BCUT2D eigenvalue weighted by Crippen LogP contribution is -2.31. The van der Waals surface area contributed by atoms with Crippen molar-refractivity contribution in [2.75, 3.05) is 47.4 Å². The summed E-state index contributed by atoms with van der Waals surface area (Å²) in [6, 6.07) is 9.56. The molecule has 0 amide bonds. The first-order valence-corrected chi connectivity index (χ1v) is 10.9. The van der Waals surface area contributed by atoms with Crippen molar-refractivity contribution in [1.29, 1.82) is 0 Å². The Labute approximate surface area is 199 Å². The van der Waals surface area contributed by atoms with Gasteiger partial charge in [-0.25, -0.2) is 9.97 Å². The van der Waals surface area contributed by atoms with Gasteiger partial charge in [-0.3, -0.25) is 4.90 Å². The summed E-state index contributed by atoms with van der Waals surface area (Å²) in [5, 5.41) is 3.26. The maximum Gasteiger partial charge on any atom is 0.227 e. The van der Waals surface area contributed by atoms with Crippen LogP contribution in [-0.2, 0) is 19.5 Å². The molecule has 0 unspecified atom stereocenters. The number of benzene rings is 2. The average Bonchev–Trinajstić information content (AvgIpc) is 2.87. The summed E-state index contributed by atoms with van der Waals surface area (Å²) >= 11 is 0. The number of fused-ring (bicyclic) bond motifs is 1. The Hall–Kier alpha value is -3.72.